The van der Waals surface area contributed by atoms with E-state index in [4.69, 9.17) is 18.9 Å². The second-order valence-corrected chi connectivity index (χ2v) is 4.39. The summed E-state index contributed by atoms with van der Waals surface area (Å²) in [6.07, 6.45) is -3.56. The van der Waals surface area contributed by atoms with Gasteiger partial charge in [-0.15, -0.1) is 0 Å². The van der Waals surface area contributed by atoms with E-state index < -0.39 is 42.5 Å². The van der Waals surface area contributed by atoms with E-state index in [0.717, 1.165) is 0 Å². The molecule has 1 fully saturated rings. The van der Waals surface area contributed by atoms with Gasteiger partial charge >= 0.3 is 11.9 Å². The summed E-state index contributed by atoms with van der Waals surface area (Å²) >= 11 is 0. The van der Waals surface area contributed by atoms with E-state index in [1.165, 1.54) is 21.1 Å². The molecule has 0 aromatic heterocycles. The summed E-state index contributed by atoms with van der Waals surface area (Å²) in [7, 11) is 2.52. The van der Waals surface area contributed by atoms with E-state index in [2.05, 4.69) is 4.74 Å². The quantitative estimate of drug-likeness (QED) is 0.486. The highest BCUT2D eigenvalue weighted by molar-refractivity contribution is 5.77. The number of esters is 2. The van der Waals surface area contributed by atoms with Gasteiger partial charge in [0.2, 0.25) is 0 Å². The Morgan fingerprint density at radius 1 is 1.24 bits per heavy atom. The first-order valence-corrected chi connectivity index (χ1v) is 6.50. The van der Waals surface area contributed by atoms with Crippen LogP contribution < -0.4 is 0 Å². The van der Waals surface area contributed by atoms with E-state index in [0.29, 0.717) is 6.29 Å². The zero-order valence-corrected chi connectivity index (χ0v) is 12.4. The third-order valence-electron chi connectivity index (χ3n) is 3.10. The summed E-state index contributed by atoms with van der Waals surface area (Å²) in [4.78, 5) is 34.4. The maximum Gasteiger partial charge on any atom is 0.337 e. The molecule has 0 radical (unpaired) electrons. The summed E-state index contributed by atoms with van der Waals surface area (Å²) in [5.74, 6) is -2.19. The molecular formula is C13H20O8. The van der Waals surface area contributed by atoms with Gasteiger partial charge in [0.15, 0.2) is 18.5 Å². The van der Waals surface area contributed by atoms with Gasteiger partial charge in [0.1, 0.15) is 12.4 Å². The molecular weight excluding hydrogens is 284 g/mol. The first kappa shape index (κ1) is 17.5. The molecule has 120 valence electrons. The van der Waals surface area contributed by atoms with Crippen molar-refractivity contribution in [2.75, 3.05) is 20.8 Å². The van der Waals surface area contributed by atoms with Crippen LogP contribution in [0.2, 0.25) is 0 Å². The molecule has 2 unspecified atom stereocenters. The van der Waals surface area contributed by atoms with Gasteiger partial charge < -0.3 is 28.5 Å². The molecule has 5 atom stereocenters. The monoisotopic (exact) mass is 304 g/mol. The highest BCUT2D eigenvalue weighted by Crippen LogP contribution is 2.30. The lowest BCUT2D eigenvalue weighted by Gasteiger charge is -2.41. The van der Waals surface area contributed by atoms with Crippen LogP contribution in [0.15, 0.2) is 0 Å². The summed E-state index contributed by atoms with van der Waals surface area (Å²) in [6.45, 7) is 3.16. The number of aldehydes is 1. The molecule has 1 aliphatic heterocycles. The van der Waals surface area contributed by atoms with Gasteiger partial charge in [-0.3, -0.25) is 4.79 Å². The molecule has 0 N–H and O–H groups in total. The average Bonchev–Trinajstić information content (AvgIpc) is 2.46. The van der Waals surface area contributed by atoms with E-state index in [1.807, 2.05) is 0 Å². The number of hydrogen-bond acceptors (Lipinski definition) is 8. The Kier molecular flexibility index (Phi) is 6.73. The minimum atomic E-state index is -1.14. The van der Waals surface area contributed by atoms with Crippen molar-refractivity contribution in [1.82, 2.24) is 0 Å². The van der Waals surface area contributed by atoms with Crippen molar-refractivity contribution >= 4 is 18.2 Å². The minimum absolute atomic E-state index is 0.250. The van der Waals surface area contributed by atoms with Crippen LogP contribution in [0, 0.1) is 5.92 Å². The molecule has 1 rings (SSSR count). The normalized spacial score (nSPS) is 32.3. The van der Waals surface area contributed by atoms with Crippen LogP contribution in [0.5, 0.6) is 0 Å². The zero-order chi connectivity index (χ0) is 16.0. The van der Waals surface area contributed by atoms with Gasteiger partial charge in [0.25, 0.3) is 0 Å². The van der Waals surface area contributed by atoms with Gasteiger partial charge in [0, 0.05) is 20.6 Å². The maximum absolute atomic E-state index is 11.8. The molecule has 1 aliphatic rings. The summed E-state index contributed by atoms with van der Waals surface area (Å²) < 4.78 is 25.7. The Labute approximate surface area is 122 Å². The van der Waals surface area contributed by atoms with Crippen LogP contribution in [0.25, 0.3) is 0 Å². The Morgan fingerprint density at radius 2 is 1.90 bits per heavy atom. The van der Waals surface area contributed by atoms with Crippen LogP contribution in [-0.2, 0) is 38.1 Å². The van der Waals surface area contributed by atoms with Crippen LogP contribution in [0.3, 0.4) is 0 Å². The van der Waals surface area contributed by atoms with Gasteiger partial charge in [-0.2, -0.15) is 0 Å². The topological polar surface area (TPSA) is 97.4 Å². The predicted molar refractivity (Wildman–Crippen MR) is 68.2 cm³/mol. The van der Waals surface area contributed by atoms with Crippen molar-refractivity contribution in [3.63, 3.8) is 0 Å². The molecule has 0 saturated carbocycles. The second-order valence-electron chi connectivity index (χ2n) is 4.39. The van der Waals surface area contributed by atoms with E-state index in [-0.39, 0.29) is 6.61 Å². The molecule has 0 amide bonds. The second kappa shape index (κ2) is 8.06. The lowest BCUT2D eigenvalue weighted by molar-refractivity contribution is -0.283. The molecule has 0 aliphatic carbocycles. The third-order valence-corrected chi connectivity index (χ3v) is 3.10. The van der Waals surface area contributed by atoms with Crippen LogP contribution in [0.1, 0.15) is 13.8 Å². The Hall–Kier alpha value is -1.51. The fourth-order valence-corrected chi connectivity index (χ4v) is 2.24. The molecule has 0 aromatic carbocycles. The molecule has 8 heteroatoms. The van der Waals surface area contributed by atoms with Crippen molar-refractivity contribution in [2.45, 2.75) is 38.4 Å². The molecule has 8 nitrogen and oxygen atoms in total. The van der Waals surface area contributed by atoms with Gasteiger partial charge in [-0.05, 0) is 6.92 Å². The number of hydrogen-bond donors (Lipinski definition) is 0. The first-order chi connectivity index (χ1) is 9.99. The van der Waals surface area contributed by atoms with Crippen molar-refractivity contribution in [1.29, 1.82) is 0 Å². The first-order valence-electron chi connectivity index (χ1n) is 6.50. The van der Waals surface area contributed by atoms with Gasteiger partial charge in [-0.25, -0.2) is 4.79 Å². The zero-order valence-electron chi connectivity index (χ0n) is 12.4. The van der Waals surface area contributed by atoms with Crippen molar-refractivity contribution in [3.05, 3.63) is 0 Å². The van der Waals surface area contributed by atoms with Gasteiger partial charge in [-0.1, -0.05) is 0 Å². The number of carbonyl (C=O) groups is 3. The standard InChI is InChI=1S/C13H20O8/c1-5-19-13-10(20-7(2)15)8(6-14)9(17-3)11(21-13)12(16)18-4/h6,8-11,13H,5H2,1-4H3/t8?,9-,10-,11?,13+/m0/s1. The van der Waals surface area contributed by atoms with E-state index in [9.17, 15) is 14.4 Å². The molecule has 21 heavy (non-hydrogen) atoms. The smallest absolute Gasteiger partial charge is 0.337 e. The number of ether oxygens (including phenoxy) is 5. The molecule has 1 saturated heterocycles. The Balaban J connectivity index is 3.09. The van der Waals surface area contributed by atoms with Crippen molar-refractivity contribution < 1.29 is 38.1 Å². The van der Waals surface area contributed by atoms with Crippen molar-refractivity contribution in [3.8, 4) is 0 Å². The third kappa shape index (κ3) is 3.99. The number of rotatable bonds is 6. The molecule has 0 spiro atoms. The molecule has 1 heterocycles. The minimum Gasteiger partial charge on any atom is -0.467 e. The fourth-order valence-electron chi connectivity index (χ4n) is 2.24. The Bertz CT molecular complexity index is 382. The van der Waals surface area contributed by atoms with Crippen LogP contribution in [-0.4, -0.2) is 63.7 Å². The van der Waals surface area contributed by atoms with Crippen LogP contribution in [0.4, 0.5) is 0 Å². The van der Waals surface area contributed by atoms with Gasteiger partial charge in [0.05, 0.1) is 13.0 Å². The molecule has 0 bridgehead atoms. The Morgan fingerprint density at radius 3 is 2.33 bits per heavy atom. The summed E-state index contributed by atoms with van der Waals surface area (Å²) in [5, 5.41) is 0. The fraction of sp³-hybridized carbons (Fsp3) is 0.769. The molecule has 0 aromatic rings. The van der Waals surface area contributed by atoms with Crippen LogP contribution >= 0.6 is 0 Å². The summed E-state index contributed by atoms with van der Waals surface area (Å²) in [6, 6.07) is 0. The average molecular weight is 304 g/mol. The lowest BCUT2D eigenvalue weighted by Crippen LogP contribution is -2.59. The van der Waals surface area contributed by atoms with E-state index in [1.54, 1.807) is 6.92 Å². The lowest BCUT2D eigenvalue weighted by atomic mass is 9.89. The maximum atomic E-state index is 11.8. The highest BCUT2D eigenvalue weighted by atomic mass is 16.7. The summed E-state index contributed by atoms with van der Waals surface area (Å²) in [5.41, 5.74) is 0. The van der Waals surface area contributed by atoms with Crippen molar-refractivity contribution in [2.24, 2.45) is 5.92 Å². The number of carbonyl (C=O) groups excluding carboxylic acids is 3. The highest BCUT2D eigenvalue weighted by Gasteiger charge is 2.51. The number of methoxy groups -OCH3 is 2. The predicted octanol–water partition coefficient (Wildman–Crippen LogP) is -0.317. The SMILES string of the molecule is CCO[C@@H]1OC(C(=O)OC)[C@@H](OC)C(C=O)[C@@H]1OC(C)=O. The largest absolute Gasteiger partial charge is 0.467 e. The van der Waals surface area contributed by atoms with E-state index >= 15 is 0 Å².